The summed E-state index contributed by atoms with van der Waals surface area (Å²) in [5.74, 6) is 0.630. The van der Waals surface area contributed by atoms with Crippen LogP contribution in [-0.4, -0.2) is 19.1 Å². The Morgan fingerprint density at radius 2 is 2.19 bits per heavy atom. The van der Waals surface area contributed by atoms with Crippen LogP contribution in [0.3, 0.4) is 0 Å². The first-order chi connectivity index (χ1) is 7.72. The second-order valence-corrected chi connectivity index (χ2v) is 3.10. The van der Waals surface area contributed by atoms with Crippen LogP contribution >= 0.6 is 0 Å². The number of azide groups is 1. The lowest BCUT2D eigenvalue weighted by molar-refractivity contribution is 0.100. The van der Waals surface area contributed by atoms with E-state index in [1.165, 1.54) is 12.1 Å². The Hall–Kier alpha value is -2.40. The first-order valence-corrected chi connectivity index (χ1v) is 4.45. The first kappa shape index (κ1) is 10.1. The summed E-state index contributed by atoms with van der Waals surface area (Å²) in [6.45, 7) is -0.150. The molecule has 82 valence electrons. The average molecular weight is 220 g/mol. The van der Waals surface area contributed by atoms with E-state index in [4.69, 9.17) is 20.7 Å². The molecule has 1 aliphatic heterocycles. The molecule has 0 bridgehead atoms. The molecule has 0 unspecified atom stereocenters. The Morgan fingerprint density at radius 1 is 1.50 bits per heavy atom. The minimum absolute atomic E-state index is 0.114. The molecule has 0 fully saturated rings. The maximum atomic E-state index is 11.6. The smallest absolute Gasteiger partial charge is 0.231 e. The Bertz CT molecular complexity index is 494. The number of ketones is 1. The molecule has 1 aromatic carbocycles. The Morgan fingerprint density at radius 3 is 2.88 bits per heavy atom. The zero-order valence-electron chi connectivity index (χ0n) is 8.21. The molecule has 1 heterocycles. The third-order valence-corrected chi connectivity index (χ3v) is 2.12. The standard InChI is InChI=1S/C9H8N4O3/c10-6-2-9-8(15-4-16-9)1-5(6)7(14)3-12-13-11/h1-2H,3-4,10H2. The van der Waals surface area contributed by atoms with Crippen LogP contribution < -0.4 is 15.2 Å². The van der Waals surface area contributed by atoms with E-state index in [2.05, 4.69) is 10.0 Å². The maximum Gasteiger partial charge on any atom is 0.231 e. The molecule has 7 nitrogen and oxygen atoms in total. The Kier molecular flexibility index (Phi) is 2.53. The van der Waals surface area contributed by atoms with Gasteiger partial charge in [0.25, 0.3) is 0 Å². The summed E-state index contributed by atoms with van der Waals surface area (Å²) >= 11 is 0. The van der Waals surface area contributed by atoms with E-state index in [9.17, 15) is 4.79 Å². The number of nitrogens with two attached hydrogens (primary N) is 1. The van der Waals surface area contributed by atoms with E-state index in [0.29, 0.717) is 11.5 Å². The van der Waals surface area contributed by atoms with E-state index < -0.39 is 0 Å². The van der Waals surface area contributed by atoms with Crippen LogP contribution in [-0.2, 0) is 0 Å². The van der Waals surface area contributed by atoms with Gasteiger partial charge in [-0.05, 0) is 11.6 Å². The third kappa shape index (κ3) is 1.71. The fourth-order valence-corrected chi connectivity index (χ4v) is 1.38. The van der Waals surface area contributed by atoms with Crippen LogP contribution in [0.1, 0.15) is 10.4 Å². The SMILES string of the molecule is [N-]=[N+]=NCC(=O)c1cc2c(cc1N)OCO2. The fraction of sp³-hybridized carbons (Fsp3) is 0.222. The molecule has 2 rings (SSSR count). The minimum atomic E-state index is -0.353. The topological polar surface area (TPSA) is 110 Å². The lowest BCUT2D eigenvalue weighted by atomic mass is 10.1. The van der Waals surface area contributed by atoms with Crippen molar-refractivity contribution < 1.29 is 14.3 Å². The summed E-state index contributed by atoms with van der Waals surface area (Å²) in [6.07, 6.45) is 0. The number of nitrogens with zero attached hydrogens (tertiary/aromatic N) is 3. The monoisotopic (exact) mass is 220 g/mol. The van der Waals surface area contributed by atoms with E-state index >= 15 is 0 Å². The highest BCUT2D eigenvalue weighted by Gasteiger charge is 2.19. The summed E-state index contributed by atoms with van der Waals surface area (Å²) in [5.41, 5.74) is 14.3. The number of benzene rings is 1. The fourth-order valence-electron chi connectivity index (χ4n) is 1.38. The molecule has 1 aliphatic rings. The molecule has 0 saturated carbocycles. The van der Waals surface area contributed by atoms with Crippen molar-refractivity contribution in [3.8, 4) is 11.5 Å². The van der Waals surface area contributed by atoms with Crippen molar-refractivity contribution in [3.63, 3.8) is 0 Å². The van der Waals surface area contributed by atoms with Gasteiger partial charge in [0, 0.05) is 22.2 Å². The summed E-state index contributed by atoms with van der Waals surface area (Å²) in [4.78, 5) is 14.1. The van der Waals surface area contributed by atoms with E-state index in [1.54, 1.807) is 0 Å². The highest BCUT2D eigenvalue weighted by molar-refractivity contribution is 6.03. The lowest BCUT2D eigenvalue weighted by Gasteiger charge is -2.04. The van der Waals surface area contributed by atoms with Crippen molar-refractivity contribution in [2.24, 2.45) is 5.11 Å². The van der Waals surface area contributed by atoms with Gasteiger partial charge in [0.05, 0.1) is 6.54 Å². The number of fused-ring (bicyclic) bond motifs is 1. The van der Waals surface area contributed by atoms with Gasteiger partial charge in [-0.1, -0.05) is 5.11 Å². The van der Waals surface area contributed by atoms with Gasteiger partial charge in [-0.25, -0.2) is 0 Å². The summed E-state index contributed by atoms with van der Waals surface area (Å²) in [6, 6.07) is 3.01. The van der Waals surface area contributed by atoms with Gasteiger partial charge in [-0.3, -0.25) is 4.79 Å². The van der Waals surface area contributed by atoms with E-state index in [0.717, 1.165) is 0 Å². The van der Waals surface area contributed by atoms with E-state index in [-0.39, 0.29) is 30.4 Å². The van der Waals surface area contributed by atoms with Crippen LogP contribution in [0.15, 0.2) is 17.2 Å². The molecule has 0 radical (unpaired) electrons. The summed E-state index contributed by atoms with van der Waals surface area (Å²) in [7, 11) is 0. The number of nitrogen functional groups attached to an aromatic ring is 1. The Labute approximate surface area is 90.4 Å². The average Bonchev–Trinajstić information content (AvgIpc) is 2.71. The van der Waals surface area contributed by atoms with Crippen LogP contribution in [0.2, 0.25) is 0 Å². The van der Waals surface area contributed by atoms with Crippen molar-refractivity contribution in [2.75, 3.05) is 19.1 Å². The van der Waals surface area contributed by atoms with Crippen molar-refractivity contribution in [1.29, 1.82) is 0 Å². The van der Waals surface area contributed by atoms with Crippen LogP contribution in [0.25, 0.3) is 10.4 Å². The number of anilines is 1. The van der Waals surface area contributed by atoms with Gasteiger partial charge < -0.3 is 15.2 Å². The van der Waals surface area contributed by atoms with Crippen LogP contribution in [0.4, 0.5) is 5.69 Å². The maximum absolute atomic E-state index is 11.6. The number of rotatable bonds is 3. The molecule has 16 heavy (non-hydrogen) atoms. The number of carbonyl (C=O) groups is 1. The van der Waals surface area contributed by atoms with Gasteiger partial charge in [-0.15, -0.1) is 0 Å². The van der Waals surface area contributed by atoms with Crippen molar-refractivity contribution in [2.45, 2.75) is 0 Å². The van der Waals surface area contributed by atoms with Gasteiger partial charge in [0.15, 0.2) is 17.3 Å². The summed E-state index contributed by atoms with van der Waals surface area (Å²) in [5, 5.41) is 3.19. The molecular weight excluding hydrogens is 212 g/mol. The van der Waals surface area contributed by atoms with Gasteiger partial charge in [0.1, 0.15) is 0 Å². The normalized spacial score (nSPS) is 12.0. The number of Topliss-reactive ketones (excluding diaryl/α,β-unsaturated/α-hetero) is 1. The highest BCUT2D eigenvalue weighted by atomic mass is 16.7. The van der Waals surface area contributed by atoms with Gasteiger partial charge >= 0.3 is 0 Å². The molecule has 2 N–H and O–H groups in total. The molecule has 0 spiro atoms. The molecular formula is C9H8N4O3. The third-order valence-electron chi connectivity index (χ3n) is 2.12. The Balaban J connectivity index is 2.34. The predicted molar refractivity (Wildman–Crippen MR) is 55.3 cm³/mol. The van der Waals surface area contributed by atoms with Gasteiger partial charge in [0.2, 0.25) is 6.79 Å². The van der Waals surface area contributed by atoms with Crippen molar-refractivity contribution >= 4 is 11.5 Å². The number of hydrogen-bond acceptors (Lipinski definition) is 5. The quantitative estimate of drug-likeness (QED) is 0.273. The molecule has 0 aromatic heterocycles. The van der Waals surface area contributed by atoms with Crippen molar-refractivity contribution in [1.82, 2.24) is 0 Å². The molecule has 0 aliphatic carbocycles. The lowest BCUT2D eigenvalue weighted by Crippen LogP contribution is -2.06. The number of hydrogen-bond donors (Lipinski definition) is 1. The predicted octanol–water partition coefficient (Wildman–Crippen LogP) is 1.49. The van der Waals surface area contributed by atoms with Crippen molar-refractivity contribution in [3.05, 3.63) is 28.1 Å². The zero-order chi connectivity index (χ0) is 11.5. The van der Waals surface area contributed by atoms with Crippen LogP contribution in [0, 0.1) is 0 Å². The second-order valence-electron chi connectivity index (χ2n) is 3.10. The summed E-state index contributed by atoms with van der Waals surface area (Å²) < 4.78 is 10.2. The second kappa shape index (κ2) is 4.00. The van der Waals surface area contributed by atoms with Gasteiger partial charge in [-0.2, -0.15) is 0 Å². The highest BCUT2D eigenvalue weighted by Crippen LogP contribution is 2.36. The molecule has 7 heteroatoms. The largest absolute Gasteiger partial charge is 0.454 e. The molecule has 0 saturated heterocycles. The first-order valence-electron chi connectivity index (χ1n) is 4.45. The van der Waals surface area contributed by atoms with Crippen LogP contribution in [0.5, 0.6) is 11.5 Å². The van der Waals surface area contributed by atoms with E-state index in [1.807, 2.05) is 0 Å². The molecule has 0 atom stereocenters. The molecule has 0 amide bonds. The molecule has 1 aromatic rings. The number of carbonyl (C=O) groups excluding carboxylic acids is 1. The number of ether oxygens (including phenoxy) is 2. The zero-order valence-corrected chi connectivity index (χ0v) is 8.21. The minimum Gasteiger partial charge on any atom is -0.454 e.